The molecule has 3 amide bonds. The maximum Gasteiger partial charge on any atom is 0.291 e. The third-order valence-electron chi connectivity index (χ3n) is 5.38. The van der Waals surface area contributed by atoms with E-state index in [2.05, 4.69) is 16.0 Å². The summed E-state index contributed by atoms with van der Waals surface area (Å²) in [6.07, 6.45) is 4.72. The molecule has 0 unspecified atom stereocenters. The Morgan fingerprint density at radius 1 is 0.818 bits per heavy atom. The lowest BCUT2D eigenvalue weighted by atomic mass is 10.1. The average Bonchev–Trinajstić information content (AvgIpc) is 3.39. The Morgan fingerprint density at radius 2 is 1.55 bits per heavy atom. The van der Waals surface area contributed by atoms with Gasteiger partial charge in [0.25, 0.3) is 11.8 Å². The fraction of sp³-hybridized carbons (Fsp3) is 0.240. The van der Waals surface area contributed by atoms with E-state index in [1.165, 1.54) is 12.7 Å². The first-order chi connectivity index (χ1) is 16.1. The Hall–Kier alpha value is -4.07. The number of furan rings is 1. The van der Waals surface area contributed by atoms with Gasteiger partial charge in [0, 0.05) is 35.7 Å². The summed E-state index contributed by atoms with van der Waals surface area (Å²) in [6.45, 7) is 1.68. The van der Waals surface area contributed by atoms with E-state index in [4.69, 9.17) is 4.42 Å². The van der Waals surface area contributed by atoms with Crippen molar-refractivity contribution >= 4 is 34.8 Å². The van der Waals surface area contributed by atoms with Crippen molar-refractivity contribution < 1.29 is 18.8 Å². The van der Waals surface area contributed by atoms with Crippen LogP contribution in [0.3, 0.4) is 0 Å². The summed E-state index contributed by atoms with van der Waals surface area (Å²) < 4.78 is 5.08. The standard InChI is InChI=1S/C25H26N4O4/c30-23(27-20-6-4-7-21(16-20)28-24(31)22-8-5-15-33-22)17-26-19-11-9-18(10-12-19)25(32)29-13-2-1-3-14-29/h4-12,15-16,26H,1-3,13-14,17H2,(H,27,30)(H,28,31). The highest BCUT2D eigenvalue weighted by Crippen LogP contribution is 2.17. The molecule has 3 N–H and O–H groups in total. The fourth-order valence-corrected chi connectivity index (χ4v) is 3.67. The summed E-state index contributed by atoms with van der Waals surface area (Å²) in [4.78, 5) is 38.9. The number of piperidine rings is 1. The van der Waals surface area contributed by atoms with Crippen LogP contribution in [0.4, 0.5) is 17.1 Å². The van der Waals surface area contributed by atoms with Crippen LogP contribution < -0.4 is 16.0 Å². The van der Waals surface area contributed by atoms with Crippen molar-refractivity contribution in [1.29, 1.82) is 0 Å². The summed E-state index contributed by atoms with van der Waals surface area (Å²) in [7, 11) is 0. The lowest BCUT2D eigenvalue weighted by molar-refractivity contribution is -0.114. The second-order valence-corrected chi connectivity index (χ2v) is 7.84. The van der Waals surface area contributed by atoms with E-state index in [1.54, 1.807) is 60.7 Å². The van der Waals surface area contributed by atoms with Gasteiger partial charge in [0.1, 0.15) is 0 Å². The third-order valence-corrected chi connectivity index (χ3v) is 5.38. The van der Waals surface area contributed by atoms with E-state index < -0.39 is 0 Å². The summed E-state index contributed by atoms with van der Waals surface area (Å²) in [5.74, 6) is -0.347. The predicted octanol–water partition coefficient (Wildman–Crippen LogP) is 4.21. The zero-order valence-corrected chi connectivity index (χ0v) is 18.2. The summed E-state index contributed by atoms with van der Waals surface area (Å²) in [5.41, 5.74) is 2.50. The van der Waals surface area contributed by atoms with Gasteiger partial charge in [-0.15, -0.1) is 0 Å². The van der Waals surface area contributed by atoms with E-state index in [-0.39, 0.29) is 30.0 Å². The Bertz CT molecular complexity index is 1100. The molecule has 4 rings (SSSR count). The molecule has 2 aromatic carbocycles. The lowest BCUT2D eigenvalue weighted by Crippen LogP contribution is -2.35. The molecule has 33 heavy (non-hydrogen) atoms. The molecule has 0 aliphatic carbocycles. The summed E-state index contributed by atoms with van der Waals surface area (Å²) >= 11 is 0. The van der Waals surface area contributed by atoms with Gasteiger partial charge in [0.2, 0.25) is 5.91 Å². The first-order valence-corrected chi connectivity index (χ1v) is 11.0. The number of rotatable bonds is 7. The van der Waals surface area contributed by atoms with Gasteiger partial charge in [-0.1, -0.05) is 6.07 Å². The molecule has 1 fully saturated rings. The molecule has 1 aliphatic heterocycles. The van der Waals surface area contributed by atoms with Crippen LogP contribution in [0.25, 0.3) is 0 Å². The smallest absolute Gasteiger partial charge is 0.291 e. The number of hydrogen-bond acceptors (Lipinski definition) is 5. The molecular weight excluding hydrogens is 420 g/mol. The normalized spacial score (nSPS) is 13.3. The summed E-state index contributed by atoms with van der Waals surface area (Å²) in [5, 5.41) is 8.58. The zero-order valence-electron chi connectivity index (χ0n) is 18.2. The van der Waals surface area contributed by atoms with Crippen molar-refractivity contribution in [2.75, 3.05) is 35.6 Å². The van der Waals surface area contributed by atoms with Gasteiger partial charge in [0.05, 0.1) is 12.8 Å². The van der Waals surface area contributed by atoms with E-state index in [9.17, 15) is 14.4 Å². The topological polar surface area (TPSA) is 104 Å². The van der Waals surface area contributed by atoms with Crippen LogP contribution >= 0.6 is 0 Å². The highest BCUT2D eigenvalue weighted by atomic mass is 16.3. The van der Waals surface area contributed by atoms with E-state index in [1.807, 2.05) is 4.90 Å². The number of likely N-dealkylation sites (tertiary alicyclic amines) is 1. The molecule has 170 valence electrons. The van der Waals surface area contributed by atoms with Gasteiger partial charge in [-0.3, -0.25) is 14.4 Å². The average molecular weight is 447 g/mol. The van der Waals surface area contributed by atoms with E-state index >= 15 is 0 Å². The van der Waals surface area contributed by atoms with Gasteiger partial charge in [0.15, 0.2) is 5.76 Å². The SMILES string of the molecule is O=C(CNc1ccc(C(=O)N2CCCCC2)cc1)Nc1cccc(NC(=O)c2ccco2)c1. The van der Waals surface area contributed by atoms with Crippen LogP contribution in [0.2, 0.25) is 0 Å². The maximum absolute atomic E-state index is 12.6. The highest BCUT2D eigenvalue weighted by Gasteiger charge is 2.18. The monoisotopic (exact) mass is 446 g/mol. The molecule has 0 spiro atoms. The van der Waals surface area contributed by atoms with Crippen molar-refractivity contribution in [3.05, 3.63) is 78.3 Å². The van der Waals surface area contributed by atoms with Crippen LogP contribution in [0.1, 0.15) is 40.2 Å². The zero-order chi connectivity index (χ0) is 23.0. The molecule has 1 aliphatic rings. The number of hydrogen-bond donors (Lipinski definition) is 3. The number of anilines is 3. The van der Waals surface area contributed by atoms with Crippen LogP contribution in [0.5, 0.6) is 0 Å². The van der Waals surface area contributed by atoms with Crippen molar-refractivity contribution in [2.24, 2.45) is 0 Å². The number of carbonyl (C=O) groups excluding carboxylic acids is 3. The minimum absolute atomic E-state index is 0.0537. The fourth-order valence-electron chi connectivity index (χ4n) is 3.67. The minimum Gasteiger partial charge on any atom is -0.459 e. The predicted molar refractivity (Wildman–Crippen MR) is 126 cm³/mol. The number of nitrogens with zero attached hydrogens (tertiary/aromatic N) is 1. The Morgan fingerprint density at radius 3 is 2.24 bits per heavy atom. The molecule has 1 aromatic heterocycles. The van der Waals surface area contributed by atoms with Gasteiger partial charge in [-0.05, 0) is 73.9 Å². The van der Waals surface area contributed by atoms with Crippen LogP contribution in [0.15, 0.2) is 71.3 Å². The first-order valence-electron chi connectivity index (χ1n) is 11.0. The van der Waals surface area contributed by atoms with Gasteiger partial charge >= 0.3 is 0 Å². The molecule has 2 heterocycles. The van der Waals surface area contributed by atoms with Crippen LogP contribution in [-0.4, -0.2) is 42.3 Å². The molecular formula is C25H26N4O4. The first kappa shape index (κ1) is 22.1. The van der Waals surface area contributed by atoms with Crippen molar-refractivity contribution in [2.45, 2.75) is 19.3 Å². The largest absolute Gasteiger partial charge is 0.459 e. The van der Waals surface area contributed by atoms with Gasteiger partial charge < -0.3 is 25.3 Å². The Kier molecular flexibility index (Phi) is 7.04. The number of carbonyl (C=O) groups is 3. The van der Waals surface area contributed by atoms with E-state index in [0.29, 0.717) is 16.9 Å². The number of nitrogens with one attached hydrogen (secondary N) is 3. The maximum atomic E-state index is 12.6. The quantitative estimate of drug-likeness (QED) is 0.504. The van der Waals surface area contributed by atoms with Crippen molar-refractivity contribution in [1.82, 2.24) is 4.90 Å². The highest BCUT2D eigenvalue weighted by molar-refractivity contribution is 6.03. The number of benzene rings is 2. The van der Waals surface area contributed by atoms with E-state index in [0.717, 1.165) is 31.6 Å². The molecule has 0 bridgehead atoms. The Balaban J connectivity index is 1.27. The third kappa shape index (κ3) is 6.00. The van der Waals surface area contributed by atoms with Crippen molar-refractivity contribution in [3.63, 3.8) is 0 Å². The van der Waals surface area contributed by atoms with Gasteiger partial charge in [-0.2, -0.15) is 0 Å². The summed E-state index contributed by atoms with van der Waals surface area (Å²) in [6, 6.07) is 17.2. The number of amides is 3. The Labute approximate surface area is 192 Å². The van der Waals surface area contributed by atoms with Crippen LogP contribution in [0, 0.1) is 0 Å². The molecule has 0 saturated carbocycles. The lowest BCUT2D eigenvalue weighted by Gasteiger charge is -2.26. The molecule has 3 aromatic rings. The molecule has 8 heteroatoms. The molecule has 0 atom stereocenters. The van der Waals surface area contributed by atoms with Gasteiger partial charge in [-0.25, -0.2) is 0 Å². The second-order valence-electron chi connectivity index (χ2n) is 7.84. The molecule has 1 saturated heterocycles. The van der Waals surface area contributed by atoms with Crippen LogP contribution in [-0.2, 0) is 4.79 Å². The minimum atomic E-state index is -0.368. The van der Waals surface area contributed by atoms with Crippen molar-refractivity contribution in [3.8, 4) is 0 Å². The second kappa shape index (κ2) is 10.5. The molecule has 0 radical (unpaired) electrons. The molecule has 8 nitrogen and oxygen atoms in total.